The Morgan fingerprint density at radius 2 is 1.84 bits per heavy atom. The van der Waals surface area contributed by atoms with Crippen molar-refractivity contribution >= 4 is 56.7 Å². The summed E-state index contributed by atoms with van der Waals surface area (Å²) in [7, 11) is 0. The van der Waals surface area contributed by atoms with Gasteiger partial charge in [-0.1, -0.05) is 37.7 Å². The van der Waals surface area contributed by atoms with E-state index in [1.165, 1.54) is 36.0 Å². The third-order valence-corrected chi connectivity index (χ3v) is 7.81. The lowest BCUT2D eigenvalue weighted by Gasteiger charge is -2.21. The van der Waals surface area contributed by atoms with Crippen LogP contribution in [0.1, 0.15) is 36.6 Å². The minimum absolute atomic E-state index is 0.0377. The molecule has 8 nitrogen and oxygen atoms in total. The first-order chi connectivity index (χ1) is 20.6. The number of aryl methyl sites for hydroxylation is 1. The van der Waals surface area contributed by atoms with Gasteiger partial charge in [-0.2, -0.15) is 5.10 Å². The number of carbonyl (C=O) groups excluding carboxylic acids is 1. The van der Waals surface area contributed by atoms with Crippen LogP contribution in [-0.2, 0) is 4.79 Å². The first kappa shape index (κ1) is 28.4. The lowest BCUT2D eigenvalue weighted by atomic mass is 9.99. The highest BCUT2D eigenvalue weighted by atomic mass is 32.2. The summed E-state index contributed by atoms with van der Waals surface area (Å²) < 4.78 is 43.3. The summed E-state index contributed by atoms with van der Waals surface area (Å²) in [6.07, 6.45) is -1.60. The van der Waals surface area contributed by atoms with Gasteiger partial charge >= 0.3 is 6.36 Å². The topological polar surface area (TPSA) is 85.0 Å². The van der Waals surface area contributed by atoms with E-state index >= 15 is 0 Å². The van der Waals surface area contributed by atoms with Gasteiger partial charge in [0.25, 0.3) is 0 Å². The molecule has 6 rings (SSSR count). The summed E-state index contributed by atoms with van der Waals surface area (Å²) in [6, 6.07) is 19.1. The molecule has 5 aromatic rings. The van der Waals surface area contributed by atoms with Crippen LogP contribution in [0, 0.1) is 6.92 Å². The van der Waals surface area contributed by atoms with Gasteiger partial charge < -0.3 is 4.74 Å². The number of benzene rings is 3. The van der Waals surface area contributed by atoms with Crippen LogP contribution in [0.3, 0.4) is 0 Å². The molecule has 12 heteroatoms. The van der Waals surface area contributed by atoms with Gasteiger partial charge in [-0.3, -0.25) is 14.3 Å². The molecule has 1 aliphatic heterocycles. The van der Waals surface area contributed by atoms with E-state index < -0.39 is 6.36 Å². The van der Waals surface area contributed by atoms with E-state index in [-0.39, 0.29) is 17.6 Å². The maximum atomic E-state index is 12.8. The van der Waals surface area contributed by atoms with Crippen molar-refractivity contribution < 1.29 is 22.7 Å². The molecule has 1 aliphatic rings. The summed E-state index contributed by atoms with van der Waals surface area (Å²) in [6.45, 7) is 6.18. The highest BCUT2D eigenvalue weighted by Crippen LogP contribution is 2.34. The average Bonchev–Trinajstić information content (AvgIpc) is 3.56. The molecule has 0 N–H and O–H groups in total. The summed E-state index contributed by atoms with van der Waals surface area (Å²) in [5.41, 5.74) is 6.32. The van der Waals surface area contributed by atoms with Crippen molar-refractivity contribution in [1.82, 2.24) is 14.5 Å². The lowest BCUT2D eigenvalue weighted by molar-refractivity contribution is -0.274. The van der Waals surface area contributed by atoms with Crippen LogP contribution in [0.15, 0.2) is 83.3 Å². The minimum Gasteiger partial charge on any atom is -0.406 e. The number of nitrogens with zero attached hydrogens (tertiary/aromatic N) is 6. The lowest BCUT2D eigenvalue weighted by Crippen LogP contribution is -2.30. The summed E-state index contributed by atoms with van der Waals surface area (Å²) in [5, 5.41) is 9.95. The molecule has 1 amide bonds. The molecule has 0 unspecified atom stereocenters. The molecule has 1 saturated heterocycles. The van der Waals surface area contributed by atoms with E-state index in [2.05, 4.69) is 44.8 Å². The molecule has 0 radical (unpaired) electrons. The third kappa shape index (κ3) is 5.82. The maximum Gasteiger partial charge on any atom is 0.573 e. The number of pyridine rings is 1. The van der Waals surface area contributed by atoms with Crippen LogP contribution < -0.4 is 9.64 Å². The van der Waals surface area contributed by atoms with Crippen LogP contribution in [-0.4, -0.2) is 43.9 Å². The van der Waals surface area contributed by atoms with Gasteiger partial charge in [-0.05, 0) is 78.6 Å². The van der Waals surface area contributed by atoms with Crippen LogP contribution in [0.4, 0.5) is 18.9 Å². The standard InChI is InChI=1S/C31H25F3N6O2S/c1-18(2)23-10-4-19(3)14-27(23)40-28(41)16-43-30(40)38-36-15-20-5-11-24-25(37-20)12-13-26-29(24)35-17-39(26)21-6-8-22(9-7-21)42-31(32,33)34/h4-15,17-18H,16H2,1-3H3. The van der Waals surface area contributed by atoms with Crippen molar-refractivity contribution in [2.45, 2.75) is 33.1 Å². The normalized spacial score (nSPS) is 15.2. The molecule has 3 heterocycles. The van der Waals surface area contributed by atoms with Gasteiger partial charge in [0.15, 0.2) is 5.17 Å². The second-order valence-electron chi connectivity index (χ2n) is 10.3. The first-order valence-corrected chi connectivity index (χ1v) is 14.4. The molecule has 2 aromatic heterocycles. The Bertz CT molecular complexity index is 1920. The Morgan fingerprint density at radius 1 is 1.05 bits per heavy atom. The zero-order valence-corrected chi connectivity index (χ0v) is 24.1. The number of aromatic nitrogens is 3. The highest BCUT2D eigenvalue weighted by molar-refractivity contribution is 8.15. The zero-order valence-electron chi connectivity index (χ0n) is 23.3. The van der Waals surface area contributed by atoms with Crippen LogP contribution in [0.5, 0.6) is 5.75 Å². The van der Waals surface area contributed by atoms with Gasteiger partial charge in [0.1, 0.15) is 12.1 Å². The molecule has 3 aromatic carbocycles. The Hall–Kier alpha value is -4.71. The molecule has 0 aliphatic carbocycles. The van der Waals surface area contributed by atoms with Gasteiger partial charge in [0.2, 0.25) is 5.91 Å². The number of rotatable bonds is 6. The monoisotopic (exact) mass is 602 g/mol. The summed E-state index contributed by atoms with van der Waals surface area (Å²) in [4.78, 5) is 23.7. The molecule has 0 atom stereocenters. The third-order valence-electron chi connectivity index (χ3n) is 6.90. The second-order valence-corrected chi connectivity index (χ2v) is 11.2. The Kier molecular flexibility index (Phi) is 7.38. The number of amidine groups is 1. The summed E-state index contributed by atoms with van der Waals surface area (Å²) >= 11 is 1.35. The van der Waals surface area contributed by atoms with Gasteiger partial charge in [0, 0.05) is 11.1 Å². The number of imidazole rings is 1. The Balaban J connectivity index is 1.26. The molecular formula is C31H25F3N6O2S. The number of ether oxygens (including phenoxy) is 1. The van der Waals surface area contributed by atoms with Crippen LogP contribution in [0.2, 0.25) is 0 Å². The van der Waals surface area contributed by atoms with E-state index in [0.717, 1.165) is 27.7 Å². The largest absolute Gasteiger partial charge is 0.573 e. The van der Waals surface area contributed by atoms with Gasteiger partial charge in [0.05, 0.1) is 39.9 Å². The number of carbonyl (C=O) groups is 1. The fraction of sp³-hybridized carbons (Fsp3) is 0.194. The average molecular weight is 603 g/mol. The molecule has 0 spiro atoms. The minimum atomic E-state index is -4.75. The van der Waals surface area contributed by atoms with Crippen molar-refractivity contribution in [3.05, 3.63) is 89.9 Å². The molecule has 43 heavy (non-hydrogen) atoms. The Morgan fingerprint density at radius 3 is 2.58 bits per heavy atom. The predicted octanol–water partition coefficient (Wildman–Crippen LogP) is 7.37. The molecule has 1 fully saturated rings. The van der Waals surface area contributed by atoms with Crippen molar-refractivity contribution in [3.63, 3.8) is 0 Å². The SMILES string of the molecule is Cc1ccc(C(C)C)c(N2C(=O)CSC2=NN=Cc2ccc3c(ccc4c3ncn4-c3ccc(OC(F)(F)F)cc3)n2)c1. The van der Waals surface area contributed by atoms with E-state index in [1.807, 2.05) is 37.3 Å². The smallest absolute Gasteiger partial charge is 0.406 e. The fourth-order valence-electron chi connectivity index (χ4n) is 4.93. The van der Waals surface area contributed by atoms with Crippen molar-refractivity contribution in [3.8, 4) is 11.4 Å². The number of fused-ring (bicyclic) bond motifs is 3. The molecular weight excluding hydrogens is 577 g/mol. The number of hydrogen-bond acceptors (Lipinski definition) is 7. The van der Waals surface area contributed by atoms with Crippen LogP contribution >= 0.6 is 11.8 Å². The number of anilines is 1. The number of thioether (sulfide) groups is 1. The van der Waals surface area contributed by atoms with Gasteiger partial charge in [-0.15, -0.1) is 18.3 Å². The Labute approximate surface area is 248 Å². The number of alkyl halides is 3. The number of amides is 1. The molecule has 218 valence electrons. The highest BCUT2D eigenvalue weighted by Gasteiger charge is 2.32. The number of halogens is 3. The predicted molar refractivity (Wildman–Crippen MR) is 163 cm³/mol. The number of hydrogen-bond donors (Lipinski definition) is 0. The van der Waals surface area contributed by atoms with E-state index in [0.29, 0.717) is 33.3 Å². The van der Waals surface area contributed by atoms with Gasteiger partial charge in [-0.25, -0.2) is 9.97 Å². The van der Waals surface area contributed by atoms with Crippen molar-refractivity contribution in [2.24, 2.45) is 10.2 Å². The second kappa shape index (κ2) is 11.2. The fourth-order valence-corrected chi connectivity index (χ4v) is 5.75. The van der Waals surface area contributed by atoms with Crippen LogP contribution in [0.25, 0.3) is 27.6 Å². The quantitative estimate of drug-likeness (QED) is 0.150. The molecule has 0 bridgehead atoms. The van der Waals surface area contributed by atoms with E-state index in [9.17, 15) is 18.0 Å². The van der Waals surface area contributed by atoms with E-state index in [4.69, 9.17) is 0 Å². The van der Waals surface area contributed by atoms with Crippen molar-refractivity contribution in [2.75, 3.05) is 10.7 Å². The molecule has 0 saturated carbocycles. The first-order valence-electron chi connectivity index (χ1n) is 13.4. The van der Waals surface area contributed by atoms with E-state index in [1.54, 1.807) is 28.1 Å². The zero-order chi connectivity index (χ0) is 30.3. The van der Waals surface area contributed by atoms with Crippen molar-refractivity contribution in [1.29, 1.82) is 0 Å². The maximum absolute atomic E-state index is 12.8. The summed E-state index contributed by atoms with van der Waals surface area (Å²) in [5.74, 6) is 0.194.